The van der Waals surface area contributed by atoms with Gasteiger partial charge in [-0.1, -0.05) is 18.2 Å². The molecule has 0 amide bonds. The summed E-state index contributed by atoms with van der Waals surface area (Å²) in [5.74, 6) is 1.37. The van der Waals surface area contributed by atoms with Crippen molar-refractivity contribution in [2.45, 2.75) is 20.5 Å². The molecule has 20 heavy (non-hydrogen) atoms. The molecular formula is C16H16N2O2. The zero-order chi connectivity index (χ0) is 14.1. The van der Waals surface area contributed by atoms with Crippen molar-refractivity contribution in [2.75, 3.05) is 5.73 Å². The van der Waals surface area contributed by atoms with Gasteiger partial charge in [0.2, 0.25) is 5.89 Å². The van der Waals surface area contributed by atoms with E-state index in [0.717, 1.165) is 16.9 Å². The van der Waals surface area contributed by atoms with Crippen LogP contribution in [0.25, 0.3) is 11.1 Å². The molecule has 0 atom stereocenters. The second-order valence-corrected chi connectivity index (χ2v) is 4.86. The molecule has 0 saturated carbocycles. The maximum absolute atomic E-state index is 5.86. The molecule has 0 bridgehead atoms. The Bertz CT molecular complexity index is 762. The van der Waals surface area contributed by atoms with Gasteiger partial charge in [-0.15, -0.1) is 0 Å². The molecule has 4 nitrogen and oxygen atoms in total. The molecule has 1 aromatic heterocycles. The van der Waals surface area contributed by atoms with Crippen LogP contribution in [0.4, 0.5) is 5.69 Å². The third-order valence-corrected chi connectivity index (χ3v) is 3.19. The fourth-order valence-corrected chi connectivity index (χ4v) is 2.08. The molecule has 0 fully saturated rings. The summed E-state index contributed by atoms with van der Waals surface area (Å²) in [5.41, 5.74) is 10.1. The summed E-state index contributed by atoms with van der Waals surface area (Å²) < 4.78 is 11.4. The Kier molecular flexibility index (Phi) is 3.06. The molecule has 1 heterocycles. The number of aryl methyl sites for hydroxylation is 2. The largest absolute Gasteiger partial charge is 0.484 e. The van der Waals surface area contributed by atoms with Gasteiger partial charge in [-0.2, -0.15) is 0 Å². The summed E-state index contributed by atoms with van der Waals surface area (Å²) in [7, 11) is 0. The molecule has 2 aromatic carbocycles. The van der Waals surface area contributed by atoms with Gasteiger partial charge < -0.3 is 14.9 Å². The highest BCUT2D eigenvalue weighted by molar-refractivity contribution is 5.85. The average Bonchev–Trinajstić information content (AvgIpc) is 2.84. The smallest absolute Gasteiger partial charge is 0.233 e. The van der Waals surface area contributed by atoms with Gasteiger partial charge in [0.25, 0.3) is 0 Å². The number of nitrogens with two attached hydrogens (primary N) is 1. The summed E-state index contributed by atoms with van der Waals surface area (Å²) in [4.78, 5) is 4.36. The fourth-order valence-electron chi connectivity index (χ4n) is 2.08. The quantitative estimate of drug-likeness (QED) is 0.737. The van der Waals surface area contributed by atoms with E-state index >= 15 is 0 Å². The molecule has 3 rings (SSSR count). The molecule has 102 valence electrons. The number of ether oxygens (including phenoxy) is 1. The number of aromatic nitrogens is 1. The first-order valence-corrected chi connectivity index (χ1v) is 6.47. The number of hydrogen-bond acceptors (Lipinski definition) is 4. The lowest BCUT2D eigenvalue weighted by Crippen LogP contribution is -1.97. The minimum Gasteiger partial charge on any atom is -0.484 e. The van der Waals surface area contributed by atoms with Crippen LogP contribution in [0, 0.1) is 13.8 Å². The molecule has 4 heteroatoms. The van der Waals surface area contributed by atoms with Crippen LogP contribution in [0.5, 0.6) is 5.75 Å². The van der Waals surface area contributed by atoms with Crippen LogP contribution in [0.1, 0.15) is 17.0 Å². The summed E-state index contributed by atoms with van der Waals surface area (Å²) in [6.45, 7) is 4.34. The van der Waals surface area contributed by atoms with Crippen LogP contribution < -0.4 is 10.5 Å². The van der Waals surface area contributed by atoms with Crippen molar-refractivity contribution in [2.24, 2.45) is 0 Å². The van der Waals surface area contributed by atoms with E-state index in [2.05, 4.69) is 11.1 Å². The van der Waals surface area contributed by atoms with Crippen molar-refractivity contribution < 1.29 is 9.15 Å². The average molecular weight is 268 g/mol. The monoisotopic (exact) mass is 268 g/mol. The molecule has 0 aliphatic rings. The maximum Gasteiger partial charge on any atom is 0.233 e. The third-order valence-electron chi connectivity index (χ3n) is 3.19. The number of benzene rings is 2. The molecule has 3 aromatic rings. The van der Waals surface area contributed by atoms with E-state index in [1.807, 2.05) is 38.1 Å². The van der Waals surface area contributed by atoms with Gasteiger partial charge in [0, 0.05) is 0 Å². The standard InChI is InChI=1S/C16H16N2O2/c1-10-6-7-11(2)14(8-10)19-9-15-18-16-12(17)4-3-5-13(16)20-15/h3-8H,9,17H2,1-2H3. The number of nitrogen functional groups attached to an aromatic ring is 1. The highest BCUT2D eigenvalue weighted by Gasteiger charge is 2.09. The Morgan fingerprint density at radius 2 is 2.05 bits per heavy atom. The second-order valence-electron chi connectivity index (χ2n) is 4.86. The Morgan fingerprint density at radius 3 is 2.85 bits per heavy atom. The number of rotatable bonds is 3. The Morgan fingerprint density at radius 1 is 1.20 bits per heavy atom. The molecular weight excluding hydrogens is 252 g/mol. The van der Waals surface area contributed by atoms with Crippen LogP contribution in [-0.2, 0) is 6.61 Å². The van der Waals surface area contributed by atoms with Gasteiger partial charge >= 0.3 is 0 Å². The molecule has 2 N–H and O–H groups in total. The highest BCUT2D eigenvalue weighted by atomic mass is 16.5. The lowest BCUT2D eigenvalue weighted by molar-refractivity contribution is 0.265. The maximum atomic E-state index is 5.86. The lowest BCUT2D eigenvalue weighted by atomic mass is 10.1. The molecule has 0 saturated heterocycles. The van der Waals surface area contributed by atoms with Gasteiger partial charge in [-0.3, -0.25) is 0 Å². The van der Waals surface area contributed by atoms with Crippen molar-refractivity contribution in [3.63, 3.8) is 0 Å². The third kappa shape index (κ3) is 2.32. The van der Waals surface area contributed by atoms with E-state index in [4.69, 9.17) is 14.9 Å². The SMILES string of the molecule is Cc1ccc(C)c(OCc2nc3c(N)cccc3o2)c1. The highest BCUT2D eigenvalue weighted by Crippen LogP contribution is 2.23. The number of oxazole rings is 1. The first-order chi connectivity index (χ1) is 9.63. The van der Waals surface area contributed by atoms with Crippen LogP contribution in [0.2, 0.25) is 0 Å². The first-order valence-electron chi connectivity index (χ1n) is 6.47. The Balaban J connectivity index is 1.83. The van der Waals surface area contributed by atoms with Crippen molar-refractivity contribution in [1.29, 1.82) is 0 Å². The second kappa shape index (κ2) is 4.89. The predicted molar refractivity (Wildman–Crippen MR) is 78.7 cm³/mol. The number of anilines is 1. The molecule has 0 aliphatic heterocycles. The number of fused-ring (bicyclic) bond motifs is 1. The summed E-state index contributed by atoms with van der Waals surface area (Å²) in [6, 6.07) is 11.6. The van der Waals surface area contributed by atoms with Crippen LogP contribution in [0.15, 0.2) is 40.8 Å². The van der Waals surface area contributed by atoms with Crippen LogP contribution in [-0.4, -0.2) is 4.98 Å². The van der Waals surface area contributed by atoms with Gasteiger partial charge in [0.1, 0.15) is 11.3 Å². The normalized spacial score (nSPS) is 10.9. The molecule has 0 aliphatic carbocycles. The van der Waals surface area contributed by atoms with E-state index in [1.165, 1.54) is 0 Å². The molecule has 0 radical (unpaired) electrons. The topological polar surface area (TPSA) is 61.3 Å². The van der Waals surface area contributed by atoms with Gasteiger partial charge in [-0.25, -0.2) is 4.98 Å². The number of hydrogen-bond donors (Lipinski definition) is 1. The summed E-state index contributed by atoms with van der Waals surface area (Å²) in [6.07, 6.45) is 0. The van der Waals surface area contributed by atoms with Gasteiger partial charge in [0.05, 0.1) is 5.69 Å². The van der Waals surface area contributed by atoms with E-state index < -0.39 is 0 Å². The van der Waals surface area contributed by atoms with E-state index in [0.29, 0.717) is 29.3 Å². The molecule has 0 spiro atoms. The van der Waals surface area contributed by atoms with Crippen LogP contribution in [0.3, 0.4) is 0 Å². The van der Waals surface area contributed by atoms with Gasteiger partial charge in [-0.05, 0) is 43.2 Å². The predicted octanol–water partition coefficient (Wildman–Crippen LogP) is 3.61. The first kappa shape index (κ1) is 12.5. The zero-order valence-corrected chi connectivity index (χ0v) is 11.5. The van der Waals surface area contributed by atoms with Crippen molar-refractivity contribution in [3.8, 4) is 5.75 Å². The number of nitrogens with zero attached hydrogens (tertiary/aromatic N) is 1. The minimum absolute atomic E-state index is 0.290. The van der Waals surface area contributed by atoms with Crippen LogP contribution >= 0.6 is 0 Å². The minimum atomic E-state index is 0.290. The van der Waals surface area contributed by atoms with Crippen molar-refractivity contribution in [1.82, 2.24) is 4.98 Å². The van der Waals surface area contributed by atoms with Gasteiger partial charge in [0.15, 0.2) is 12.2 Å². The van der Waals surface area contributed by atoms with Crippen molar-refractivity contribution in [3.05, 3.63) is 53.4 Å². The van der Waals surface area contributed by atoms with E-state index in [-0.39, 0.29) is 0 Å². The lowest BCUT2D eigenvalue weighted by Gasteiger charge is -2.07. The summed E-state index contributed by atoms with van der Waals surface area (Å²) in [5, 5.41) is 0. The Hall–Kier alpha value is -2.49. The molecule has 0 unspecified atom stereocenters. The Labute approximate surface area is 117 Å². The van der Waals surface area contributed by atoms with E-state index in [9.17, 15) is 0 Å². The fraction of sp³-hybridized carbons (Fsp3) is 0.188. The van der Waals surface area contributed by atoms with Crippen molar-refractivity contribution >= 4 is 16.8 Å². The number of para-hydroxylation sites is 1. The van der Waals surface area contributed by atoms with E-state index in [1.54, 1.807) is 6.07 Å². The summed E-state index contributed by atoms with van der Waals surface area (Å²) >= 11 is 0. The zero-order valence-electron chi connectivity index (χ0n) is 11.5.